The van der Waals surface area contributed by atoms with E-state index < -0.39 is 18.5 Å². The second kappa shape index (κ2) is 10.4. The van der Waals surface area contributed by atoms with Crippen LogP contribution < -0.4 is 4.74 Å². The zero-order chi connectivity index (χ0) is 24.1. The Morgan fingerprint density at radius 2 is 2.03 bits per heavy atom. The fourth-order valence-electron chi connectivity index (χ4n) is 3.83. The molecular weight excluding hydrogens is 432 g/mol. The number of aryl methyl sites for hydroxylation is 1. The number of carbonyl (C=O) groups is 2. The molecule has 0 radical (unpaired) electrons. The third kappa shape index (κ3) is 5.87. The number of aromatic nitrogens is 1. The predicted octanol–water partition coefficient (Wildman–Crippen LogP) is 3.65. The van der Waals surface area contributed by atoms with Crippen molar-refractivity contribution in [3.8, 4) is 5.75 Å². The molecule has 174 valence electrons. The minimum Gasteiger partial charge on any atom is -0.483 e. The monoisotopic (exact) mass is 458 g/mol. The number of carbonyl (C=O) groups excluding carboxylic acids is 1. The smallest absolute Gasteiger partial charge is 0.411 e. The Morgan fingerprint density at radius 1 is 1.30 bits per heavy atom. The summed E-state index contributed by atoms with van der Waals surface area (Å²) in [6, 6.07) is 7.61. The third-order valence-corrected chi connectivity index (χ3v) is 5.49. The van der Waals surface area contributed by atoms with Gasteiger partial charge in [-0.2, -0.15) is 4.58 Å². The average molecular weight is 458 g/mol. The molecule has 7 nitrogen and oxygen atoms in total. The Hall–Kier alpha value is -3.46. The first kappa shape index (κ1) is 24.2. The van der Waals surface area contributed by atoms with E-state index in [1.807, 2.05) is 6.92 Å². The Kier molecular flexibility index (Phi) is 7.65. The highest BCUT2D eigenvalue weighted by Crippen LogP contribution is 2.28. The number of nitrogens with zero attached hydrogens (tertiary/aromatic N) is 3. The second-order valence-corrected chi connectivity index (χ2v) is 7.88. The number of benzene rings is 1. The number of carboxylic acid groups (broad SMARTS) is 1. The van der Waals surface area contributed by atoms with Crippen molar-refractivity contribution < 1.29 is 32.8 Å². The van der Waals surface area contributed by atoms with E-state index in [0.29, 0.717) is 43.1 Å². The van der Waals surface area contributed by atoms with Gasteiger partial charge in [0.1, 0.15) is 11.9 Å². The van der Waals surface area contributed by atoms with Crippen LogP contribution in [-0.4, -0.2) is 63.3 Å². The van der Waals surface area contributed by atoms with Crippen LogP contribution in [0.15, 0.2) is 49.2 Å². The van der Waals surface area contributed by atoms with E-state index in [1.54, 1.807) is 29.7 Å². The van der Waals surface area contributed by atoms with Gasteiger partial charge in [-0.05, 0) is 30.2 Å². The van der Waals surface area contributed by atoms with Gasteiger partial charge < -0.3 is 9.84 Å². The molecule has 0 unspecified atom stereocenters. The summed E-state index contributed by atoms with van der Waals surface area (Å²) in [6.07, 6.45) is -0.640. The Balaban J connectivity index is 1.88. The van der Waals surface area contributed by atoms with E-state index in [1.165, 1.54) is 24.4 Å². The molecule has 3 rings (SSSR count). The van der Waals surface area contributed by atoms with Gasteiger partial charge in [0.15, 0.2) is 18.0 Å². The lowest BCUT2D eigenvalue weighted by Crippen LogP contribution is -2.47. The van der Waals surface area contributed by atoms with Gasteiger partial charge in [-0.3, -0.25) is 4.90 Å². The van der Waals surface area contributed by atoms with Crippen LogP contribution in [0.25, 0.3) is 0 Å². The fraction of sp³-hybridized carbons (Fsp3) is 0.333. The van der Waals surface area contributed by atoms with E-state index >= 15 is 0 Å². The topological polar surface area (TPSA) is 82.7 Å². The maximum atomic E-state index is 13.3. The van der Waals surface area contributed by atoms with Gasteiger partial charge in [0.25, 0.3) is 6.43 Å². The molecule has 33 heavy (non-hydrogen) atoms. The summed E-state index contributed by atoms with van der Waals surface area (Å²) in [4.78, 5) is 29.3. The van der Waals surface area contributed by atoms with Gasteiger partial charge in [0.2, 0.25) is 0 Å². The van der Waals surface area contributed by atoms with Crippen molar-refractivity contribution in [2.24, 2.45) is 0 Å². The molecule has 1 aliphatic rings. The van der Waals surface area contributed by atoms with Gasteiger partial charge in [0, 0.05) is 25.1 Å². The standard InChI is InChI=1S/C24H25F2N3O4/c1-4-21(30)29-9-8-28(13-16(29)3)14-20(17-6-5-7-18(11-17)23(25)26)33-19-10-15(2)22(24(31)32)27-12-19/h4-7,10-12,20,23H,1,8-9,13-14H2,2-3H3/p+1/t20-/m1/s1. The third-order valence-electron chi connectivity index (χ3n) is 5.49. The molecule has 0 aliphatic carbocycles. The summed E-state index contributed by atoms with van der Waals surface area (Å²) in [5.74, 6) is -0.964. The van der Waals surface area contributed by atoms with Gasteiger partial charge in [0.05, 0.1) is 19.3 Å². The summed E-state index contributed by atoms with van der Waals surface area (Å²) >= 11 is 0. The molecule has 1 aliphatic heterocycles. The molecular formula is C24H26F2N3O4+. The van der Waals surface area contributed by atoms with Crippen molar-refractivity contribution in [2.45, 2.75) is 26.4 Å². The molecule has 0 bridgehead atoms. The maximum absolute atomic E-state index is 13.3. The molecule has 0 saturated heterocycles. The van der Waals surface area contributed by atoms with Crippen LogP contribution >= 0.6 is 0 Å². The SMILES string of the molecule is C=CC(=O)[N+]1=C(C)CN(C[C@@H](Oc2cnc(C(=O)O)c(C)c2)c2cccc(C(F)F)c2)CC1. The zero-order valence-corrected chi connectivity index (χ0v) is 18.5. The Labute approximate surface area is 190 Å². The summed E-state index contributed by atoms with van der Waals surface area (Å²) in [7, 11) is 0. The first-order valence-corrected chi connectivity index (χ1v) is 10.4. The number of alkyl halides is 2. The quantitative estimate of drug-likeness (QED) is 0.480. The van der Waals surface area contributed by atoms with E-state index in [9.17, 15) is 23.5 Å². The summed E-state index contributed by atoms with van der Waals surface area (Å²) in [5.41, 5.74) is 1.66. The number of hydrogen-bond donors (Lipinski definition) is 1. The number of amides is 1. The van der Waals surface area contributed by atoms with Crippen molar-refractivity contribution in [2.75, 3.05) is 26.2 Å². The number of carboxylic acids is 1. The van der Waals surface area contributed by atoms with E-state index in [-0.39, 0.29) is 17.2 Å². The number of hydrogen-bond acceptors (Lipinski definition) is 5. The minimum absolute atomic E-state index is 0.0770. The van der Waals surface area contributed by atoms with Gasteiger partial charge in [-0.25, -0.2) is 23.4 Å². The lowest BCUT2D eigenvalue weighted by molar-refractivity contribution is -0.451. The number of ether oxygens (including phenoxy) is 1. The van der Waals surface area contributed by atoms with E-state index in [4.69, 9.17) is 4.74 Å². The molecule has 1 atom stereocenters. The van der Waals surface area contributed by atoms with Crippen LogP contribution in [0, 0.1) is 6.92 Å². The van der Waals surface area contributed by atoms with Crippen molar-refractivity contribution in [1.29, 1.82) is 0 Å². The molecule has 0 fully saturated rings. The van der Waals surface area contributed by atoms with Crippen LogP contribution in [0.1, 0.15) is 46.6 Å². The van der Waals surface area contributed by atoms with Crippen LogP contribution in [-0.2, 0) is 4.79 Å². The minimum atomic E-state index is -2.62. The average Bonchev–Trinajstić information content (AvgIpc) is 2.78. The lowest BCUT2D eigenvalue weighted by Gasteiger charge is -2.29. The molecule has 1 aromatic heterocycles. The van der Waals surface area contributed by atoms with Gasteiger partial charge in [-0.15, -0.1) is 0 Å². The van der Waals surface area contributed by atoms with Crippen molar-refractivity contribution in [3.63, 3.8) is 0 Å². The normalized spacial score (nSPS) is 15.4. The summed E-state index contributed by atoms with van der Waals surface area (Å²) in [6.45, 7) is 8.93. The molecule has 2 aromatic rings. The fourth-order valence-corrected chi connectivity index (χ4v) is 3.83. The maximum Gasteiger partial charge on any atom is 0.411 e. The van der Waals surface area contributed by atoms with Crippen LogP contribution in [0.3, 0.4) is 0 Å². The number of pyridine rings is 1. The number of halogens is 2. The van der Waals surface area contributed by atoms with Gasteiger partial charge >= 0.3 is 11.9 Å². The van der Waals surface area contributed by atoms with E-state index in [0.717, 1.165) is 5.71 Å². The van der Waals surface area contributed by atoms with Crippen LogP contribution in [0.2, 0.25) is 0 Å². The lowest BCUT2D eigenvalue weighted by atomic mass is 10.0. The predicted molar refractivity (Wildman–Crippen MR) is 118 cm³/mol. The first-order chi connectivity index (χ1) is 15.7. The van der Waals surface area contributed by atoms with Crippen LogP contribution in [0.4, 0.5) is 8.78 Å². The number of rotatable bonds is 8. The molecule has 1 amide bonds. The Morgan fingerprint density at radius 3 is 2.64 bits per heavy atom. The summed E-state index contributed by atoms with van der Waals surface area (Å²) in [5, 5.41) is 9.20. The number of aromatic carboxylic acids is 1. The second-order valence-electron chi connectivity index (χ2n) is 7.88. The molecule has 0 saturated carbocycles. The highest BCUT2D eigenvalue weighted by atomic mass is 19.3. The zero-order valence-electron chi connectivity index (χ0n) is 18.5. The van der Waals surface area contributed by atoms with Crippen molar-refractivity contribution in [3.05, 3.63) is 71.6 Å². The molecule has 9 heteroatoms. The van der Waals surface area contributed by atoms with Crippen molar-refractivity contribution in [1.82, 2.24) is 9.88 Å². The molecule has 2 heterocycles. The molecule has 1 aromatic carbocycles. The van der Waals surface area contributed by atoms with Gasteiger partial charge in [-0.1, -0.05) is 24.8 Å². The van der Waals surface area contributed by atoms with Crippen molar-refractivity contribution >= 4 is 17.6 Å². The Bertz CT molecular complexity index is 1100. The highest BCUT2D eigenvalue weighted by Gasteiger charge is 2.29. The largest absolute Gasteiger partial charge is 0.483 e. The van der Waals surface area contributed by atoms with Crippen LogP contribution in [0.5, 0.6) is 5.75 Å². The first-order valence-electron chi connectivity index (χ1n) is 10.4. The summed E-state index contributed by atoms with van der Waals surface area (Å²) < 4.78 is 34.4. The molecule has 1 N–H and O–H groups in total. The van der Waals surface area contributed by atoms with E-state index in [2.05, 4.69) is 16.5 Å². The highest BCUT2D eigenvalue weighted by molar-refractivity contribution is 5.89. The molecule has 0 spiro atoms.